The first-order valence-electron chi connectivity index (χ1n) is 10.5. The highest BCUT2D eigenvalue weighted by Gasteiger charge is 2.32. The van der Waals surface area contributed by atoms with E-state index < -0.39 is 11.7 Å². The van der Waals surface area contributed by atoms with E-state index in [1.807, 2.05) is 12.1 Å². The van der Waals surface area contributed by atoms with Crippen LogP contribution in [0.2, 0.25) is 5.02 Å². The van der Waals surface area contributed by atoms with Crippen LogP contribution in [0, 0.1) is 0 Å². The molecule has 0 heterocycles. The molecule has 0 atom stereocenters. The molecule has 2 saturated carbocycles. The van der Waals surface area contributed by atoms with Gasteiger partial charge in [0.15, 0.2) is 0 Å². The van der Waals surface area contributed by atoms with E-state index in [1.165, 1.54) is 18.2 Å². The lowest BCUT2D eigenvalue weighted by molar-refractivity contribution is -0.137. The highest BCUT2D eigenvalue weighted by atomic mass is 35.5. The Morgan fingerprint density at radius 1 is 1.06 bits per heavy atom. The maximum absolute atomic E-state index is 13.0. The molecule has 1 N–H and O–H groups in total. The fourth-order valence-corrected chi connectivity index (χ4v) is 3.51. The molecule has 2 aromatic carbocycles. The number of carbonyl (C=O) groups is 2. The Labute approximate surface area is 189 Å². The molecule has 0 aromatic heterocycles. The molecule has 0 saturated heterocycles. The van der Waals surface area contributed by atoms with Crippen molar-refractivity contribution in [3.05, 3.63) is 75.8 Å². The molecule has 0 bridgehead atoms. The van der Waals surface area contributed by atoms with E-state index in [0.717, 1.165) is 43.4 Å². The lowest BCUT2D eigenvalue weighted by Crippen LogP contribution is -2.31. The Morgan fingerprint density at radius 3 is 2.34 bits per heavy atom. The Morgan fingerprint density at radius 2 is 1.75 bits per heavy atom. The minimum absolute atomic E-state index is 0.0990. The summed E-state index contributed by atoms with van der Waals surface area (Å²) in [6.07, 6.45) is 1.89. The van der Waals surface area contributed by atoms with Gasteiger partial charge >= 0.3 is 6.18 Å². The average molecular weight is 463 g/mol. The maximum atomic E-state index is 13.0. The molecule has 2 aromatic rings. The standard InChI is InChI=1S/C24H22ClF3N2O2/c25-21-11-6-18(24(26,27)28)13-17(21)5-12-22(31)30(20-9-10-20)14-15-1-3-16(4-2-15)23(32)29-19-7-8-19/h1-6,11-13,19-20H,7-10,14H2,(H,29,32)/b12-5+. The van der Waals surface area contributed by atoms with Gasteiger partial charge in [-0.2, -0.15) is 13.2 Å². The number of carbonyl (C=O) groups excluding carboxylic acids is 2. The molecular weight excluding hydrogens is 441 g/mol. The second-order valence-electron chi connectivity index (χ2n) is 8.21. The first-order valence-corrected chi connectivity index (χ1v) is 10.8. The van der Waals surface area contributed by atoms with Gasteiger partial charge in [0.1, 0.15) is 0 Å². The number of halogens is 4. The SMILES string of the molecule is O=C(NC1CC1)c1ccc(CN(C(=O)/C=C/c2cc(C(F)(F)F)ccc2Cl)C2CC2)cc1. The van der Waals surface area contributed by atoms with E-state index in [0.29, 0.717) is 12.1 Å². The maximum Gasteiger partial charge on any atom is 0.416 e. The van der Waals surface area contributed by atoms with E-state index in [-0.39, 0.29) is 34.5 Å². The third kappa shape index (κ3) is 5.71. The monoisotopic (exact) mass is 462 g/mol. The summed E-state index contributed by atoms with van der Waals surface area (Å²) < 4.78 is 38.9. The molecule has 168 valence electrons. The Hall–Kier alpha value is -2.80. The molecule has 0 spiro atoms. The fraction of sp³-hybridized carbons (Fsp3) is 0.333. The van der Waals surface area contributed by atoms with E-state index in [2.05, 4.69) is 5.32 Å². The van der Waals surface area contributed by atoms with Crippen LogP contribution in [0.5, 0.6) is 0 Å². The van der Waals surface area contributed by atoms with Gasteiger partial charge in [-0.05, 0) is 73.2 Å². The summed E-state index contributed by atoms with van der Waals surface area (Å²) in [4.78, 5) is 26.6. The second-order valence-corrected chi connectivity index (χ2v) is 8.62. The summed E-state index contributed by atoms with van der Waals surface area (Å²) in [5, 5.41) is 3.07. The molecule has 2 aliphatic rings. The Kier molecular flexibility index (Phi) is 6.29. The number of hydrogen-bond acceptors (Lipinski definition) is 2. The summed E-state index contributed by atoms with van der Waals surface area (Å²) in [7, 11) is 0. The number of rotatable bonds is 7. The van der Waals surface area contributed by atoms with Crippen molar-refractivity contribution in [1.82, 2.24) is 10.2 Å². The Bertz CT molecular complexity index is 1040. The first-order chi connectivity index (χ1) is 15.2. The quantitative estimate of drug-likeness (QED) is 0.556. The summed E-state index contributed by atoms with van der Waals surface area (Å²) >= 11 is 6.01. The largest absolute Gasteiger partial charge is 0.416 e. The highest BCUT2D eigenvalue weighted by Crippen LogP contribution is 2.33. The van der Waals surface area contributed by atoms with Gasteiger partial charge < -0.3 is 10.2 Å². The van der Waals surface area contributed by atoms with Gasteiger partial charge in [0.05, 0.1) is 5.56 Å². The fourth-order valence-electron chi connectivity index (χ4n) is 3.33. The molecule has 0 unspecified atom stereocenters. The van der Waals surface area contributed by atoms with Crippen LogP contribution in [0.25, 0.3) is 6.08 Å². The van der Waals surface area contributed by atoms with E-state index in [4.69, 9.17) is 11.6 Å². The van der Waals surface area contributed by atoms with Crippen molar-refractivity contribution in [1.29, 1.82) is 0 Å². The van der Waals surface area contributed by atoms with Gasteiger partial charge in [-0.15, -0.1) is 0 Å². The molecular formula is C24H22ClF3N2O2. The minimum atomic E-state index is -4.49. The van der Waals surface area contributed by atoms with Crippen LogP contribution >= 0.6 is 11.6 Å². The van der Waals surface area contributed by atoms with Gasteiger partial charge in [-0.3, -0.25) is 9.59 Å². The first kappa shape index (κ1) is 22.4. The predicted octanol–water partition coefficient (Wildman–Crippen LogP) is 5.46. The zero-order chi connectivity index (χ0) is 22.9. The molecule has 4 nitrogen and oxygen atoms in total. The zero-order valence-corrected chi connectivity index (χ0v) is 17.9. The van der Waals surface area contributed by atoms with Gasteiger partial charge in [0, 0.05) is 35.3 Å². The second kappa shape index (κ2) is 8.98. The zero-order valence-electron chi connectivity index (χ0n) is 17.2. The van der Waals surface area contributed by atoms with Crippen molar-refractivity contribution in [2.24, 2.45) is 0 Å². The van der Waals surface area contributed by atoms with Crippen molar-refractivity contribution < 1.29 is 22.8 Å². The molecule has 2 aliphatic carbocycles. The molecule has 4 rings (SSSR count). The van der Waals surface area contributed by atoms with Crippen LogP contribution in [0.15, 0.2) is 48.5 Å². The summed E-state index contributed by atoms with van der Waals surface area (Å²) in [5.74, 6) is -0.397. The number of nitrogens with one attached hydrogen (secondary N) is 1. The van der Waals surface area contributed by atoms with E-state index in [1.54, 1.807) is 17.0 Å². The van der Waals surface area contributed by atoms with Crippen LogP contribution in [0.3, 0.4) is 0 Å². The van der Waals surface area contributed by atoms with Crippen LogP contribution < -0.4 is 5.32 Å². The Balaban J connectivity index is 1.44. The molecule has 2 amide bonds. The molecule has 8 heteroatoms. The molecule has 2 fully saturated rings. The smallest absolute Gasteiger partial charge is 0.349 e. The summed E-state index contributed by atoms with van der Waals surface area (Å²) in [5.41, 5.74) is 0.762. The number of benzene rings is 2. The number of amides is 2. The van der Waals surface area contributed by atoms with Crippen molar-refractivity contribution in [2.45, 2.75) is 50.5 Å². The van der Waals surface area contributed by atoms with Crippen molar-refractivity contribution in [3.8, 4) is 0 Å². The number of alkyl halides is 3. The average Bonchev–Trinajstić information content (AvgIpc) is 3.66. The van der Waals surface area contributed by atoms with Gasteiger partial charge in [-0.1, -0.05) is 23.7 Å². The number of hydrogen-bond donors (Lipinski definition) is 1. The topological polar surface area (TPSA) is 49.4 Å². The molecule has 32 heavy (non-hydrogen) atoms. The lowest BCUT2D eigenvalue weighted by Gasteiger charge is -2.21. The summed E-state index contributed by atoms with van der Waals surface area (Å²) in [6, 6.07) is 10.5. The van der Waals surface area contributed by atoms with E-state index in [9.17, 15) is 22.8 Å². The van der Waals surface area contributed by atoms with Crippen molar-refractivity contribution in [3.63, 3.8) is 0 Å². The van der Waals surface area contributed by atoms with Crippen LogP contribution in [0.4, 0.5) is 13.2 Å². The summed E-state index contributed by atoms with van der Waals surface area (Å²) in [6.45, 7) is 0.356. The van der Waals surface area contributed by atoms with Crippen LogP contribution in [-0.2, 0) is 17.5 Å². The molecule has 0 radical (unpaired) electrons. The normalized spacial score (nSPS) is 16.2. The van der Waals surface area contributed by atoms with Crippen LogP contribution in [0.1, 0.15) is 52.7 Å². The van der Waals surface area contributed by atoms with Crippen molar-refractivity contribution in [2.75, 3.05) is 0 Å². The highest BCUT2D eigenvalue weighted by molar-refractivity contribution is 6.32. The third-order valence-corrected chi connectivity index (χ3v) is 5.83. The third-order valence-electron chi connectivity index (χ3n) is 5.48. The predicted molar refractivity (Wildman–Crippen MR) is 116 cm³/mol. The van der Waals surface area contributed by atoms with Gasteiger partial charge in [0.25, 0.3) is 5.91 Å². The lowest BCUT2D eigenvalue weighted by atomic mass is 10.1. The van der Waals surface area contributed by atoms with Crippen LogP contribution in [-0.4, -0.2) is 28.8 Å². The van der Waals surface area contributed by atoms with Crippen molar-refractivity contribution >= 4 is 29.5 Å². The molecule has 0 aliphatic heterocycles. The van der Waals surface area contributed by atoms with E-state index >= 15 is 0 Å². The number of nitrogens with zero attached hydrogens (tertiary/aromatic N) is 1. The van der Waals surface area contributed by atoms with Gasteiger partial charge in [0.2, 0.25) is 5.91 Å². The van der Waals surface area contributed by atoms with Gasteiger partial charge in [-0.25, -0.2) is 0 Å². The minimum Gasteiger partial charge on any atom is -0.349 e.